The predicted molar refractivity (Wildman–Crippen MR) is 126 cm³/mol. The minimum Gasteiger partial charge on any atom is -0.365 e. The molecule has 2 aliphatic rings. The lowest BCUT2D eigenvalue weighted by Gasteiger charge is -2.22. The molecular weight excluding hydrogens is 480 g/mol. The summed E-state index contributed by atoms with van der Waals surface area (Å²) in [6, 6.07) is 3.70. The number of amides is 1. The van der Waals surface area contributed by atoms with Gasteiger partial charge in [-0.1, -0.05) is 32.0 Å². The Balaban J connectivity index is 0.00000176. The molecule has 1 atom stereocenters. The third-order valence-electron chi connectivity index (χ3n) is 5.84. The monoisotopic (exact) mass is 512 g/mol. The van der Waals surface area contributed by atoms with Gasteiger partial charge in [-0.2, -0.15) is 0 Å². The maximum absolute atomic E-state index is 15.4. The summed E-state index contributed by atoms with van der Waals surface area (Å²) >= 11 is 0. The molecule has 0 radical (unpaired) electrons. The van der Waals surface area contributed by atoms with Crippen LogP contribution in [0, 0.1) is 12.7 Å². The van der Waals surface area contributed by atoms with Gasteiger partial charge in [0.15, 0.2) is 6.29 Å². The summed E-state index contributed by atoms with van der Waals surface area (Å²) in [4.78, 5) is 21.0. The van der Waals surface area contributed by atoms with E-state index in [1.54, 1.807) is 0 Å². The van der Waals surface area contributed by atoms with Crippen LogP contribution >= 0.6 is 0 Å². The maximum Gasteiger partial charge on any atom is 0.273 e. The zero-order valence-corrected chi connectivity index (χ0v) is 21.1. The van der Waals surface area contributed by atoms with Crippen LogP contribution in [0.15, 0.2) is 18.2 Å². The molecule has 1 saturated carbocycles. The van der Waals surface area contributed by atoms with E-state index in [9.17, 15) is 18.0 Å². The van der Waals surface area contributed by atoms with Crippen molar-refractivity contribution in [3.8, 4) is 0 Å². The van der Waals surface area contributed by atoms with Gasteiger partial charge in [-0.15, -0.1) is 0 Å². The number of benzene rings is 1. The Kier molecular flexibility index (Phi) is 8.55. The average Bonchev–Trinajstić information content (AvgIpc) is 3.31. The van der Waals surface area contributed by atoms with E-state index in [-0.39, 0.29) is 48.2 Å². The van der Waals surface area contributed by atoms with Crippen molar-refractivity contribution in [3.05, 3.63) is 52.2 Å². The lowest BCUT2D eigenvalue weighted by molar-refractivity contribution is -0.127. The molecule has 1 saturated heterocycles. The standard InChI is InChI=1S/C23H26F4N4O3.C2H6/c1-12-29-18(17(25)20(32)31-22(2)7-8-22)15(21-33-9-10-34-21)19(30-12)28-11-13-5-4-6-14(16(13)24)23(3,26)27;1-2/h4-6,17,21H,7-11H2,1-3H3,(H,31,32)(H,28,29,30);1-2H3. The minimum atomic E-state index is -3.36. The highest BCUT2D eigenvalue weighted by atomic mass is 19.3. The first-order chi connectivity index (χ1) is 17.0. The molecule has 1 aliphatic heterocycles. The highest BCUT2D eigenvalue weighted by Gasteiger charge is 2.42. The van der Waals surface area contributed by atoms with E-state index in [0.717, 1.165) is 18.9 Å². The number of anilines is 1. The van der Waals surface area contributed by atoms with Crippen LogP contribution in [0.4, 0.5) is 23.4 Å². The summed E-state index contributed by atoms with van der Waals surface area (Å²) in [5, 5.41) is 5.54. The molecule has 1 unspecified atom stereocenters. The van der Waals surface area contributed by atoms with Crippen LogP contribution in [0.1, 0.15) is 81.2 Å². The van der Waals surface area contributed by atoms with Crippen LogP contribution in [0.2, 0.25) is 0 Å². The molecule has 1 aliphatic carbocycles. The fourth-order valence-corrected chi connectivity index (χ4v) is 3.72. The van der Waals surface area contributed by atoms with Gasteiger partial charge in [0.25, 0.3) is 11.8 Å². The summed E-state index contributed by atoms with van der Waals surface area (Å²) in [6.45, 7) is 8.20. The second-order valence-electron chi connectivity index (χ2n) is 8.92. The fraction of sp³-hybridized carbons (Fsp3) is 0.560. The minimum absolute atomic E-state index is 0.0350. The van der Waals surface area contributed by atoms with Crippen LogP contribution in [-0.2, 0) is 26.7 Å². The van der Waals surface area contributed by atoms with Gasteiger partial charge in [-0.25, -0.2) is 27.5 Å². The number of carbonyl (C=O) groups is 1. The van der Waals surface area contributed by atoms with Crippen molar-refractivity contribution in [2.45, 2.75) is 77.9 Å². The van der Waals surface area contributed by atoms with Crippen molar-refractivity contribution < 1.29 is 31.8 Å². The van der Waals surface area contributed by atoms with E-state index in [2.05, 4.69) is 20.6 Å². The fourth-order valence-electron chi connectivity index (χ4n) is 3.72. The molecular formula is C25H32F4N4O3. The first kappa shape index (κ1) is 27.8. The number of carbonyl (C=O) groups excluding carboxylic acids is 1. The summed E-state index contributed by atoms with van der Waals surface area (Å²) in [5.41, 5.74) is -1.35. The van der Waals surface area contributed by atoms with Crippen molar-refractivity contribution in [1.82, 2.24) is 15.3 Å². The normalized spacial score (nSPS) is 17.7. The number of aryl methyl sites for hydroxylation is 1. The van der Waals surface area contributed by atoms with E-state index in [1.807, 2.05) is 20.8 Å². The number of nitrogens with zero attached hydrogens (tertiary/aromatic N) is 2. The van der Waals surface area contributed by atoms with Gasteiger partial charge in [0, 0.05) is 24.6 Å². The molecule has 2 heterocycles. The van der Waals surface area contributed by atoms with E-state index >= 15 is 4.39 Å². The van der Waals surface area contributed by atoms with Crippen molar-refractivity contribution in [1.29, 1.82) is 0 Å². The van der Waals surface area contributed by atoms with Crippen molar-refractivity contribution >= 4 is 11.7 Å². The first-order valence-corrected chi connectivity index (χ1v) is 12.0. The quantitative estimate of drug-likeness (QED) is 0.461. The highest BCUT2D eigenvalue weighted by molar-refractivity contribution is 5.83. The third kappa shape index (κ3) is 6.31. The van der Waals surface area contributed by atoms with Gasteiger partial charge < -0.3 is 20.1 Å². The number of halogens is 4. The number of aromatic nitrogens is 2. The number of alkyl halides is 3. The number of nitrogens with one attached hydrogen (secondary N) is 2. The van der Waals surface area contributed by atoms with Crippen LogP contribution in [0.5, 0.6) is 0 Å². The zero-order valence-electron chi connectivity index (χ0n) is 21.1. The molecule has 1 amide bonds. The molecule has 0 bridgehead atoms. The Hall–Kier alpha value is -2.79. The number of hydrogen-bond donors (Lipinski definition) is 2. The topological polar surface area (TPSA) is 85.4 Å². The first-order valence-electron chi connectivity index (χ1n) is 12.0. The molecule has 0 spiro atoms. The Morgan fingerprint density at radius 3 is 2.44 bits per heavy atom. The lowest BCUT2D eigenvalue weighted by Crippen LogP contribution is -2.37. The van der Waals surface area contributed by atoms with Crippen molar-refractivity contribution in [3.63, 3.8) is 0 Å². The maximum atomic E-state index is 15.4. The molecule has 198 valence electrons. The molecule has 2 aromatic rings. The molecule has 1 aromatic carbocycles. The molecule has 1 aromatic heterocycles. The van der Waals surface area contributed by atoms with Crippen LogP contribution in [-0.4, -0.2) is 34.6 Å². The third-order valence-corrected chi connectivity index (χ3v) is 5.84. The predicted octanol–water partition coefficient (Wildman–Crippen LogP) is 5.40. The molecule has 2 N–H and O–H groups in total. The average molecular weight is 513 g/mol. The lowest BCUT2D eigenvalue weighted by atomic mass is 10.0. The van der Waals surface area contributed by atoms with Gasteiger partial charge in [-0.3, -0.25) is 4.79 Å². The Morgan fingerprint density at radius 2 is 1.86 bits per heavy atom. The van der Waals surface area contributed by atoms with Crippen molar-refractivity contribution in [2.75, 3.05) is 18.5 Å². The Morgan fingerprint density at radius 1 is 1.22 bits per heavy atom. The zero-order chi connectivity index (χ0) is 26.7. The number of hydrogen-bond acceptors (Lipinski definition) is 6. The molecule has 2 fully saturated rings. The largest absolute Gasteiger partial charge is 0.365 e. The van der Waals surface area contributed by atoms with E-state index in [0.29, 0.717) is 6.92 Å². The van der Waals surface area contributed by atoms with Crippen LogP contribution < -0.4 is 10.6 Å². The van der Waals surface area contributed by atoms with Crippen molar-refractivity contribution in [2.24, 2.45) is 0 Å². The smallest absolute Gasteiger partial charge is 0.273 e. The Labute approximate surface area is 208 Å². The SMILES string of the molecule is CC.Cc1nc(NCc2cccc(C(C)(F)F)c2F)c(C2OCCO2)c(C(F)C(=O)NC2(C)CC2)n1. The summed E-state index contributed by atoms with van der Waals surface area (Å²) in [7, 11) is 0. The summed E-state index contributed by atoms with van der Waals surface area (Å²) < 4.78 is 68.6. The van der Waals surface area contributed by atoms with E-state index in [1.165, 1.54) is 19.1 Å². The van der Waals surface area contributed by atoms with E-state index < -0.39 is 41.2 Å². The molecule has 11 heteroatoms. The second-order valence-corrected chi connectivity index (χ2v) is 8.92. The van der Waals surface area contributed by atoms with Gasteiger partial charge in [0.1, 0.15) is 17.5 Å². The number of ether oxygens (including phenoxy) is 2. The van der Waals surface area contributed by atoms with Crippen LogP contribution in [0.3, 0.4) is 0 Å². The second kappa shape index (κ2) is 11.1. The molecule has 7 nitrogen and oxygen atoms in total. The van der Waals surface area contributed by atoms with Gasteiger partial charge in [0.2, 0.25) is 6.17 Å². The number of rotatable bonds is 8. The molecule has 4 rings (SSSR count). The van der Waals surface area contributed by atoms with Gasteiger partial charge in [0.05, 0.1) is 30.0 Å². The Bertz CT molecular complexity index is 1080. The summed E-state index contributed by atoms with van der Waals surface area (Å²) in [5.74, 6) is -5.03. The van der Waals surface area contributed by atoms with Crippen LogP contribution in [0.25, 0.3) is 0 Å². The molecule has 36 heavy (non-hydrogen) atoms. The van der Waals surface area contributed by atoms with E-state index in [4.69, 9.17) is 9.47 Å². The van der Waals surface area contributed by atoms with Gasteiger partial charge in [-0.05, 0) is 26.7 Å². The highest BCUT2D eigenvalue weighted by Crippen LogP contribution is 2.38. The summed E-state index contributed by atoms with van der Waals surface area (Å²) in [6.07, 6.45) is -1.66. The van der Waals surface area contributed by atoms with Gasteiger partial charge >= 0.3 is 0 Å².